The number of carboxylic acid groups (broad SMARTS) is 1. The second kappa shape index (κ2) is 12.4. The molecule has 3 N–H and O–H groups in total. The number of benzene rings is 3. The fourth-order valence-electron chi connectivity index (χ4n) is 4.93. The molecular weight excluding hydrogens is 596 g/mol. The number of sulfone groups is 1. The number of halogens is 4. The average Bonchev–Trinajstić information content (AvgIpc) is 3.40. The summed E-state index contributed by atoms with van der Waals surface area (Å²) in [6.07, 6.45) is 0.703. The first-order valence-electron chi connectivity index (χ1n) is 12.9. The highest BCUT2D eigenvalue weighted by Gasteiger charge is 2.47. The number of nitrogens with one attached hydrogen (secondary N) is 2. The van der Waals surface area contributed by atoms with Crippen LogP contribution in [0.5, 0.6) is 5.75 Å². The quantitative estimate of drug-likeness (QED) is 0.287. The lowest BCUT2D eigenvalue weighted by Gasteiger charge is -2.22. The maximum absolute atomic E-state index is 14.8. The molecule has 2 atom stereocenters. The van der Waals surface area contributed by atoms with Crippen molar-refractivity contribution in [3.63, 3.8) is 0 Å². The Morgan fingerprint density at radius 2 is 1.77 bits per heavy atom. The Bertz CT molecular complexity index is 1680. The van der Waals surface area contributed by atoms with Gasteiger partial charge in [0.15, 0.2) is 0 Å². The van der Waals surface area contributed by atoms with Crippen LogP contribution in [-0.2, 0) is 25.8 Å². The lowest BCUT2D eigenvalue weighted by Crippen LogP contribution is -2.42. The molecule has 1 saturated carbocycles. The molecule has 0 radical (unpaired) electrons. The normalized spacial score (nSPS) is 16.9. The first-order chi connectivity index (χ1) is 20.2. The number of anilines is 1. The van der Waals surface area contributed by atoms with Gasteiger partial charge in [0.05, 0.1) is 24.3 Å². The standard InChI is InChI=1S/C29H26F4N2O7S/c1-42-19-10-11-21(24(30)15-19)16-8-9-17(13-26(36)37)23(12-16)28(39)35-25-7-3-6-22(25)27(38)34-18-4-2-5-20(14-18)43(40,41)29(31,32)33/h2,4-5,8-12,14-15,22,25H,3,6-7,13H2,1H3,(H,34,38)(H,35,39)(H,36,37). The van der Waals surface area contributed by atoms with Crippen LogP contribution >= 0.6 is 0 Å². The predicted molar refractivity (Wildman–Crippen MR) is 147 cm³/mol. The van der Waals surface area contributed by atoms with Crippen molar-refractivity contribution in [2.45, 2.75) is 42.1 Å². The molecule has 0 spiro atoms. The molecule has 1 fully saturated rings. The van der Waals surface area contributed by atoms with Crippen LogP contribution in [0.25, 0.3) is 11.1 Å². The number of carbonyl (C=O) groups excluding carboxylic acids is 2. The van der Waals surface area contributed by atoms with Crippen LogP contribution in [0.3, 0.4) is 0 Å². The minimum absolute atomic E-state index is 0.0359. The Hall–Kier alpha value is -4.46. The Labute approximate surface area is 243 Å². The van der Waals surface area contributed by atoms with Crippen molar-refractivity contribution in [2.75, 3.05) is 12.4 Å². The number of ether oxygens (including phenoxy) is 1. The van der Waals surface area contributed by atoms with E-state index in [-0.39, 0.29) is 28.1 Å². The van der Waals surface area contributed by atoms with E-state index in [4.69, 9.17) is 4.74 Å². The summed E-state index contributed by atoms with van der Waals surface area (Å²) in [6.45, 7) is 0. The Morgan fingerprint density at radius 1 is 1.02 bits per heavy atom. The van der Waals surface area contributed by atoms with E-state index in [1.807, 2.05) is 0 Å². The van der Waals surface area contributed by atoms with Crippen molar-refractivity contribution < 1.29 is 50.2 Å². The van der Waals surface area contributed by atoms with Crippen molar-refractivity contribution >= 4 is 33.3 Å². The number of hydrogen-bond acceptors (Lipinski definition) is 6. The molecule has 2 amide bonds. The van der Waals surface area contributed by atoms with Crippen LogP contribution < -0.4 is 15.4 Å². The monoisotopic (exact) mass is 622 g/mol. The number of rotatable bonds is 9. The number of methoxy groups -OCH3 is 1. The van der Waals surface area contributed by atoms with Gasteiger partial charge in [-0.2, -0.15) is 13.2 Å². The predicted octanol–water partition coefficient (Wildman–Crippen LogP) is 4.96. The highest BCUT2D eigenvalue weighted by atomic mass is 32.2. The fraction of sp³-hybridized carbons (Fsp3) is 0.276. The smallest absolute Gasteiger partial charge is 0.497 e. The first kappa shape index (κ1) is 31.5. The van der Waals surface area contributed by atoms with Crippen LogP contribution in [0.1, 0.15) is 35.2 Å². The summed E-state index contributed by atoms with van der Waals surface area (Å²) in [6, 6.07) is 11.4. The van der Waals surface area contributed by atoms with E-state index in [1.54, 1.807) is 0 Å². The van der Waals surface area contributed by atoms with Crippen molar-refractivity contribution in [3.05, 3.63) is 77.6 Å². The maximum atomic E-state index is 14.8. The van der Waals surface area contributed by atoms with Gasteiger partial charge in [-0.05, 0) is 60.4 Å². The van der Waals surface area contributed by atoms with Crippen LogP contribution in [-0.4, -0.2) is 50.0 Å². The third kappa shape index (κ3) is 6.96. The lowest BCUT2D eigenvalue weighted by atomic mass is 9.95. The van der Waals surface area contributed by atoms with Gasteiger partial charge in [0.25, 0.3) is 15.7 Å². The molecule has 0 saturated heterocycles. The van der Waals surface area contributed by atoms with E-state index in [1.165, 1.54) is 43.5 Å². The van der Waals surface area contributed by atoms with E-state index in [2.05, 4.69) is 10.6 Å². The summed E-state index contributed by atoms with van der Waals surface area (Å²) in [7, 11) is -4.26. The van der Waals surface area contributed by atoms with Gasteiger partial charge in [-0.1, -0.05) is 24.6 Å². The fourth-order valence-corrected chi connectivity index (χ4v) is 5.74. The molecule has 43 heavy (non-hydrogen) atoms. The molecule has 1 aliphatic carbocycles. The highest BCUT2D eigenvalue weighted by molar-refractivity contribution is 7.92. The number of amides is 2. The zero-order valence-corrected chi connectivity index (χ0v) is 23.4. The second-order valence-electron chi connectivity index (χ2n) is 9.87. The van der Waals surface area contributed by atoms with E-state index in [9.17, 15) is 45.5 Å². The van der Waals surface area contributed by atoms with Crippen LogP contribution in [0.15, 0.2) is 65.6 Å². The minimum Gasteiger partial charge on any atom is -0.497 e. The zero-order valence-electron chi connectivity index (χ0n) is 22.6. The summed E-state index contributed by atoms with van der Waals surface area (Å²) < 4.78 is 82.2. The Balaban J connectivity index is 1.56. The molecule has 0 bridgehead atoms. The molecule has 14 heteroatoms. The van der Waals surface area contributed by atoms with Gasteiger partial charge < -0.3 is 20.5 Å². The van der Waals surface area contributed by atoms with Crippen molar-refractivity contribution in [1.29, 1.82) is 0 Å². The molecule has 4 rings (SSSR count). The molecule has 228 valence electrons. The van der Waals surface area contributed by atoms with Crippen LogP contribution in [0, 0.1) is 11.7 Å². The van der Waals surface area contributed by atoms with Crippen LogP contribution in [0.4, 0.5) is 23.2 Å². The number of carboxylic acids is 1. The van der Waals surface area contributed by atoms with Gasteiger partial charge in [-0.25, -0.2) is 12.8 Å². The molecule has 0 aliphatic heterocycles. The largest absolute Gasteiger partial charge is 0.501 e. The molecule has 2 unspecified atom stereocenters. The summed E-state index contributed by atoms with van der Waals surface area (Å²) in [5.41, 5.74) is -5.13. The molecule has 0 heterocycles. The van der Waals surface area contributed by atoms with E-state index < -0.39 is 62.2 Å². The van der Waals surface area contributed by atoms with Crippen molar-refractivity contribution in [3.8, 4) is 16.9 Å². The molecule has 3 aromatic rings. The third-order valence-corrected chi connectivity index (χ3v) is 8.55. The molecular formula is C29H26F4N2O7S. The topological polar surface area (TPSA) is 139 Å². The first-order valence-corrected chi connectivity index (χ1v) is 14.4. The third-order valence-electron chi connectivity index (χ3n) is 7.07. The Morgan fingerprint density at radius 3 is 2.42 bits per heavy atom. The van der Waals surface area contributed by atoms with Crippen molar-refractivity contribution in [2.24, 2.45) is 5.92 Å². The van der Waals surface area contributed by atoms with Gasteiger partial charge in [-0.3, -0.25) is 14.4 Å². The maximum Gasteiger partial charge on any atom is 0.501 e. The van der Waals surface area contributed by atoms with E-state index in [0.29, 0.717) is 30.9 Å². The van der Waals surface area contributed by atoms with Crippen molar-refractivity contribution in [1.82, 2.24) is 5.32 Å². The summed E-state index contributed by atoms with van der Waals surface area (Å²) in [5, 5.41) is 14.5. The second-order valence-corrected chi connectivity index (χ2v) is 11.8. The van der Waals surface area contributed by atoms with Crippen LogP contribution in [0.2, 0.25) is 0 Å². The number of aliphatic carboxylic acids is 1. The zero-order chi connectivity index (χ0) is 31.5. The number of hydrogen-bond donors (Lipinski definition) is 3. The molecule has 3 aromatic carbocycles. The molecule has 0 aromatic heterocycles. The van der Waals surface area contributed by atoms with Gasteiger partial charge in [-0.15, -0.1) is 0 Å². The van der Waals surface area contributed by atoms with Gasteiger partial charge in [0, 0.05) is 28.9 Å². The highest BCUT2D eigenvalue weighted by Crippen LogP contribution is 2.33. The van der Waals surface area contributed by atoms with Gasteiger partial charge in [0.2, 0.25) is 5.91 Å². The minimum atomic E-state index is -5.63. The lowest BCUT2D eigenvalue weighted by molar-refractivity contribution is -0.136. The summed E-state index contributed by atoms with van der Waals surface area (Å²) in [5.74, 6) is -3.72. The SMILES string of the molecule is COc1ccc(-c2ccc(CC(=O)O)c(C(=O)NC3CCCC3C(=O)Nc3cccc(S(=O)(=O)C(F)(F)F)c3)c2)c(F)c1. The summed E-state index contributed by atoms with van der Waals surface area (Å²) in [4.78, 5) is 36.9. The van der Waals surface area contributed by atoms with Gasteiger partial charge >= 0.3 is 11.5 Å². The van der Waals surface area contributed by atoms with Gasteiger partial charge in [0.1, 0.15) is 11.6 Å². The molecule has 9 nitrogen and oxygen atoms in total. The molecule has 1 aliphatic rings. The van der Waals surface area contributed by atoms with E-state index >= 15 is 0 Å². The summed E-state index contributed by atoms with van der Waals surface area (Å²) >= 11 is 0. The number of alkyl halides is 3. The Kier molecular flexibility index (Phi) is 9.09. The average molecular weight is 623 g/mol. The number of carbonyl (C=O) groups is 3. The van der Waals surface area contributed by atoms with E-state index in [0.717, 1.165) is 18.2 Å².